The molecule has 4 rings (SSSR count). The lowest BCUT2D eigenvalue weighted by molar-refractivity contribution is 0.0736. The second-order valence-corrected chi connectivity index (χ2v) is 8.61. The second-order valence-electron chi connectivity index (χ2n) is 8.61. The number of rotatable bonds is 4. The molecular formula is C21H30N6O. The number of carbonyl (C=O) groups is 1. The van der Waals surface area contributed by atoms with Crippen LogP contribution < -0.4 is 0 Å². The Hall–Kier alpha value is -2.28. The van der Waals surface area contributed by atoms with Gasteiger partial charge in [0.25, 0.3) is 5.91 Å². The zero-order valence-corrected chi connectivity index (χ0v) is 17.4. The van der Waals surface area contributed by atoms with Crippen molar-refractivity contribution >= 4 is 5.91 Å². The molecule has 150 valence electrons. The number of tetrazole rings is 1. The highest BCUT2D eigenvalue weighted by atomic mass is 16.2. The smallest absolute Gasteiger partial charge is 0.254 e. The predicted molar refractivity (Wildman–Crippen MR) is 107 cm³/mol. The minimum Gasteiger partial charge on any atom is -0.336 e. The van der Waals surface area contributed by atoms with Crippen LogP contribution in [0.3, 0.4) is 0 Å². The summed E-state index contributed by atoms with van der Waals surface area (Å²) in [7, 11) is 4.14. The molecular weight excluding hydrogens is 352 g/mol. The van der Waals surface area contributed by atoms with Crippen LogP contribution in [0.4, 0.5) is 0 Å². The van der Waals surface area contributed by atoms with Gasteiger partial charge in [-0.3, -0.25) is 9.69 Å². The van der Waals surface area contributed by atoms with Crippen molar-refractivity contribution in [2.45, 2.75) is 57.5 Å². The number of likely N-dealkylation sites (N-methyl/N-ethyl adjacent to an activating group) is 1. The lowest BCUT2D eigenvalue weighted by atomic mass is 9.95. The van der Waals surface area contributed by atoms with Gasteiger partial charge in [0.2, 0.25) is 0 Å². The quantitative estimate of drug-likeness (QED) is 0.813. The minimum absolute atomic E-state index is 0.0983. The van der Waals surface area contributed by atoms with Crippen molar-refractivity contribution in [3.63, 3.8) is 0 Å². The summed E-state index contributed by atoms with van der Waals surface area (Å²) in [6.07, 6.45) is 5.57. The number of amides is 1. The first-order chi connectivity index (χ1) is 13.4. The fourth-order valence-electron chi connectivity index (χ4n) is 4.83. The molecule has 1 aromatic heterocycles. The highest BCUT2D eigenvalue weighted by molar-refractivity contribution is 5.96. The topological polar surface area (TPSA) is 67.2 Å². The van der Waals surface area contributed by atoms with Gasteiger partial charge in [0.15, 0.2) is 5.82 Å². The summed E-state index contributed by atoms with van der Waals surface area (Å²) in [6, 6.07) is 6.41. The summed E-state index contributed by atoms with van der Waals surface area (Å²) >= 11 is 0. The highest BCUT2D eigenvalue weighted by Crippen LogP contribution is 2.39. The van der Waals surface area contributed by atoms with E-state index in [2.05, 4.69) is 47.5 Å². The van der Waals surface area contributed by atoms with Crippen LogP contribution in [0.5, 0.6) is 0 Å². The third-order valence-corrected chi connectivity index (χ3v) is 6.58. The van der Waals surface area contributed by atoms with Gasteiger partial charge in [-0.2, -0.15) is 0 Å². The molecule has 0 radical (unpaired) electrons. The molecule has 1 saturated heterocycles. The number of carbonyl (C=O) groups excluding carboxylic acids is 1. The lowest BCUT2D eigenvalue weighted by Gasteiger charge is -2.35. The van der Waals surface area contributed by atoms with Crippen LogP contribution in [0.2, 0.25) is 0 Å². The summed E-state index contributed by atoms with van der Waals surface area (Å²) in [6.45, 7) is 5.38. The number of hydrogen-bond donors (Lipinski definition) is 0. The van der Waals surface area contributed by atoms with Gasteiger partial charge >= 0.3 is 0 Å². The molecule has 1 atom stereocenters. The van der Waals surface area contributed by atoms with Crippen LogP contribution in [0.15, 0.2) is 18.2 Å². The average Bonchev–Trinajstić information content (AvgIpc) is 3.40. The number of aryl methyl sites for hydroxylation is 2. The third-order valence-electron chi connectivity index (χ3n) is 6.58. The normalized spacial score (nSPS) is 23.1. The van der Waals surface area contributed by atoms with E-state index in [1.165, 1.54) is 18.4 Å². The van der Waals surface area contributed by atoms with Gasteiger partial charge in [-0.15, -0.1) is 5.10 Å². The number of nitrogens with zero attached hydrogens (tertiary/aromatic N) is 6. The molecule has 1 amide bonds. The van der Waals surface area contributed by atoms with Crippen LogP contribution in [-0.2, 0) is 5.54 Å². The Morgan fingerprint density at radius 1 is 1.21 bits per heavy atom. The van der Waals surface area contributed by atoms with Crippen molar-refractivity contribution in [1.29, 1.82) is 0 Å². The van der Waals surface area contributed by atoms with Crippen molar-refractivity contribution in [3.05, 3.63) is 40.7 Å². The van der Waals surface area contributed by atoms with Crippen LogP contribution in [0.25, 0.3) is 0 Å². The minimum atomic E-state index is -0.347. The van der Waals surface area contributed by atoms with E-state index < -0.39 is 0 Å². The van der Waals surface area contributed by atoms with Gasteiger partial charge in [-0.1, -0.05) is 30.5 Å². The molecule has 1 saturated carbocycles. The zero-order valence-electron chi connectivity index (χ0n) is 17.4. The molecule has 7 heteroatoms. The maximum atomic E-state index is 13.2. The molecule has 1 aliphatic heterocycles. The molecule has 2 aliphatic rings. The molecule has 0 spiro atoms. The van der Waals surface area contributed by atoms with E-state index in [4.69, 9.17) is 0 Å². The van der Waals surface area contributed by atoms with Crippen LogP contribution >= 0.6 is 0 Å². The van der Waals surface area contributed by atoms with Gasteiger partial charge in [-0.05, 0) is 69.3 Å². The Morgan fingerprint density at radius 3 is 2.64 bits per heavy atom. The summed E-state index contributed by atoms with van der Waals surface area (Å²) in [5.41, 5.74) is 2.65. The Balaban J connectivity index is 1.64. The zero-order chi connectivity index (χ0) is 19.9. The predicted octanol–water partition coefficient (Wildman–Crippen LogP) is 2.71. The number of benzene rings is 1. The van der Waals surface area contributed by atoms with E-state index in [0.717, 1.165) is 36.2 Å². The molecule has 0 N–H and O–H groups in total. The maximum absolute atomic E-state index is 13.2. The SMILES string of the molecule is Cc1ccc(C(=O)N2CCC(c3nnnn3C3CCCC3)(N(C)C)C2)c(C)c1. The fourth-order valence-corrected chi connectivity index (χ4v) is 4.83. The van der Waals surface area contributed by atoms with E-state index in [1.54, 1.807) is 0 Å². The summed E-state index contributed by atoms with van der Waals surface area (Å²) in [5.74, 6) is 1.00. The van der Waals surface area contributed by atoms with E-state index in [1.807, 2.05) is 28.6 Å². The number of hydrogen-bond acceptors (Lipinski definition) is 5. The lowest BCUT2D eigenvalue weighted by Crippen LogP contribution is -2.47. The third kappa shape index (κ3) is 3.11. The van der Waals surface area contributed by atoms with Crippen molar-refractivity contribution < 1.29 is 4.79 Å². The fraction of sp³-hybridized carbons (Fsp3) is 0.619. The van der Waals surface area contributed by atoms with Crippen LogP contribution in [0, 0.1) is 13.8 Å². The Bertz CT molecular complexity index is 870. The van der Waals surface area contributed by atoms with Gasteiger partial charge in [0, 0.05) is 18.7 Å². The summed E-state index contributed by atoms with van der Waals surface area (Å²) in [4.78, 5) is 17.4. The maximum Gasteiger partial charge on any atom is 0.254 e. The van der Waals surface area contributed by atoms with Crippen molar-refractivity contribution in [2.24, 2.45) is 0 Å². The number of aromatic nitrogens is 4. The van der Waals surface area contributed by atoms with E-state index >= 15 is 0 Å². The van der Waals surface area contributed by atoms with Crippen molar-refractivity contribution in [1.82, 2.24) is 30.0 Å². The standard InChI is InChI=1S/C21H30N6O/c1-15-9-10-18(16(2)13-15)19(28)26-12-11-21(14-26,25(3)4)20-22-23-24-27(20)17-7-5-6-8-17/h9-10,13,17H,5-8,11-12,14H2,1-4H3. The van der Waals surface area contributed by atoms with Gasteiger partial charge in [0.05, 0.1) is 6.04 Å². The second kappa shape index (κ2) is 7.28. The molecule has 0 bridgehead atoms. The summed E-state index contributed by atoms with van der Waals surface area (Å²) in [5, 5.41) is 12.8. The number of likely N-dealkylation sites (tertiary alicyclic amines) is 1. The molecule has 1 unspecified atom stereocenters. The molecule has 2 fully saturated rings. The monoisotopic (exact) mass is 382 g/mol. The first kappa shape index (κ1) is 19.1. The molecule has 2 heterocycles. The van der Waals surface area contributed by atoms with Crippen molar-refractivity contribution in [3.8, 4) is 0 Å². The Labute approximate surface area is 166 Å². The molecule has 1 aromatic carbocycles. The summed E-state index contributed by atoms with van der Waals surface area (Å²) < 4.78 is 2.04. The van der Waals surface area contributed by atoms with Gasteiger partial charge < -0.3 is 4.90 Å². The van der Waals surface area contributed by atoms with E-state index in [9.17, 15) is 4.79 Å². The largest absolute Gasteiger partial charge is 0.336 e. The molecule has 1 aliphatic carbocycles. The molecule has 2 aromatic rings. The van der Waals surface area contributed by atoms with Crippen LogP contribution in [-0.4, -0.2) is 63.1 Å². The van der Waals surface area contributed by atoms with E-state index in [-0.39, 0.29) is 11.4 Å². The van der Waals surface area contributed by atoms with Crippen LogP contribution in [0.1, 0.15) is 65.5 Å². The molecule has 28 heavy (non-hydrogen) atoms. The Kier molecular flexibility index (Phi) is 4.95. The van der Waals surface area contributed by atoms with Gasteiger partial charge in [0.1, 0.15) is 5.54 Å². The first-order valence-electron chi connectivity index (χ1n) is 10.2. The average molecular weight is 383 g/mol. The first-order valence-corrected chi connectivity index (χ1v) is 10.2. The Morgan fingerprint density at radius 2 is 1.96 bits per heavy atom. The van der Waals surface area contributed by atoms with E-state index in [0.29, 0.717) is 19.1 Å². The molecule has 7 nitrogen and oxygen atoms in total. The highest BCUT2D eigenvalue weighted by Gasteiger charge is 2.48. The van der Waals surface area contributed by atoms with Gasteiger partial charge in [-0.25, -0.2) is 4.68 Å². The van der Waals surface area contributed by atoms with Crippen molar-refractivity contribution in [2.75, 3.05) is 27.2 Å².